The number of nitrogens with zero attached hydrogens (tertiary/aromatic N) is 1. The molecule has 1 amide bonds. The molecule has 130 valence electrons. The summed E-state index contributed by atoms with van der Waals surface area (Å²) in [5.41, 5.74) is 5.87. The molecule has 1 N–H and O–H groups in total. The van der Waals surface area contributed by atoms with Crippen LogP contribution in [-0.4, -0.2) is 10.5 Å². The maximum absolute atomic E-state index is 13.0. The van der Waals surface area contributed by atoms with Gasteiger partial charge in [0.25, 0.3) is 5.91 Å². The minimum absolute atomic E-state index is 0.0842. The summed E-state index contributed by atoms with van der Waals surface area (Å²) in [5.74, 6) is -0.0842. The first kappa shape index (κ1) is 17.6. The van der Waals surface area contributed by atoms with E-state index in [-0.39, 0.29) is 5.91 Å². The number of anilines is 1. The summed E-state index contributed by atoms with van der Waals surface area (Å²) < 4.78 is 2.09. The highest BCUT2D eigenvalue weighted by Crippen LogP contribution is 2.28. The molecule has 0 saturated heterocycles. The molecule has 1 heterocycles. The average molecular weight is 355 g/mol. The minimum atomic E-state index is -0.0842. The standard InChI is InChI=1S/C21H23ClN2O/c1-5-15-7-10-19-17(12-15)14(4)20(24(19)6-2)21(25)23-18-9-8-16(22)11-13(18)3/h7-12H,5-6H2,1-4H3,(H,23,25). The van der Waals surface area contributed by atoms with E-state index in [0.717, 1.165) is 46.4 Å². The third kappa shape index (κ3) is 3.16. The van der Waals surface area contributed by atoms with Crippen molar-refractivity contribution in [1.82, 2.24) is 4.57 Å². The molecule has 1 aromatic heterocycles. The van der Waals surface area contributed by atoms with Crippen LogP contribution in [0.2, 0.25) is 5.02 Å². The van der Waals surface area contributed by atoms with Gasteiger partial charge >= 0.3 is 0 Å². The number of aryl methyl sites for hydroxylation is 4. The number of carbonyl (C=O) groups excluding carboxylic acids is 1. The van der Waals surface area contributed by atoms with Crippen LogP contribution in [0.5, 0.6) is 0 Å². The molecule has 25 heavy (non-hydrogen) atoms. The molecule has 0 aliphatic heterocycles. The largest absolute Gasteiger partial charge is 0.337 e. The summed E-state index contributed by atoms with van der Waals surface area (Å²) in [6, 6.07) is 11.9. The van der Waals surface area contributed by atoms with Crippen molar-refractivity contribution in [2.24, 2.45) is 0 Å². The summed E-state index contributed by atoms with van der Waals surface area (Å²) in [6.45, 7) is 8.92. The molecule has 0 radical (unpaired) electrons. The Morgan fingerprint density at radius 3 is 2.52 bits per heavy atom. The molecule has 0 fully saturated rings. The summed E-state index contributed by atoms with van der Waals surface area (Å²) in [4.78, 5) is 13.0. The topological polar surface area (TPSA) is 34.0 Å². The quantitative estimate of drug-likeness (QED) is 0.636. The zero-order chi connectivity index (χ0) is 18.1. The van der Waals surface area contributed by atoms with Crippen molar-refractivity contribution in [2.45, 2.75) is 40.7 Å². The van der Waals surface area contributed by atoms with Crippen molar-refractivity contribution < 1.29 is 4.79 Å². The molecular weight excluding hydrogens is 332 g/mol. The van der Waals surface area contributed by atoms with Crippen molar-refractivity contribution in [2.75, 3.05) is 5.32 Å². The number of hydrogen-bond acceptors (Lipinski definition) is 1. The van der Waals surface area contributed by atoms with Crippen LogP contribution in [-0.2, 0) is 13.0 Å². The van der Waals surface area contributed by atoms with Gasteiger partial charge in [-0.25, -0.2) is 0 Å². The smallest absolute Gasteiger partial charge is 0.272 e. The van der Waals surface area contributed by atoms with Crippen LogP contribution in [0, 0.1) is 13.8 Å². The molecular formula is C21H23ClN2O. The second-order valence-corrected chi connectivity index (χ2v) is 6.77. The number of halogens is 1. The number of amides is 1. The highest BCUT2D eigenvalue weighted by Gasteiger charge is 2.20. The van der Waals surface area contributed by atoms with Gasteiger partial charge in [-0.1, -0.05) is 24.6 Å². The molecule has 0 spiro atoms. The van der Waals surface area contributed by atoms with E-state index in [4.69, 9.17) is 11.6 Å². The van der Waals surface area contributed by atoms with Crippen molar-refractivity contribution in [1.29, 1.82) is 0 Å². The van der Waals surface area contributed by atoms with E-state index in [0.29, 0.717) is 5.02 Å². The Morgan fingerprint density at radius 1 is 1.12 bits per heavy atom. The Morgan fingerprint density at radius 2 is 1.88 bits per heavy atom. The Balaban J connectivity index is 2.07. The lowest BCUT2D eigenvalue weighted by Gasteiger charge is -2.12. The van der Waals surface area contributed by atoms with E-state index in [2.05, 4.69) is 41.9 Å². The number of nitrogens with one attached hydrogen (secondary N) is 1. The van der Waals surface area contributed by atoms with Crippen molar-refractivity contribution in [3.63, 3.8) is 0 Å². The molecule has 0 unspecified atom stereocenters. The summed E-state index contributed by atoms with van der Waals surface area (Å²) >= 11 is 6.01. The van der Waals surface area contributed by atoms with Crippen molar-refractivity contribution in [3.8, 4) is 0 Å². The van der Waals surface area contributed by atoms with E-state index in [1.54, 1.807) is 6.07 Å². The van der Waals surface area contributed by atoms with Crippen LogP contribution in [0.25, 0.3) is 10.9 Å². The molecule has 3 aromatic rings. The Kier molecular flexibility index (Phi) is 4.87. The molecule has 3 rings (SSSR count). The maximum Gasteiger partial charge on any atom is 0.272 e. The zero-order valence-corrected chi connectivity index (χ0v) is 15.9. The van der Waals surface area contributed by atoms with Crippen LogP contribution < -0.4 is 5.32 Å². The average Bonchev–Trinajstić information content (AvgIpc) is 2.88. The summed E-state index contributed by atoms with van der Waals surface area (Å²) in [5, 5.41) is 4.86. The molecule has 4 heteroatoms. The second kappa shape index (κ2) is 6.93. The zero-order valence-electron chi connectivity index (χ0n) is 15.1. The van der Waals surface area contributed by atoms with Crippen molar-refractivity contribution in [3.05, 3.63) is 63.8 Å². The molecule has 0 atom stereocenters. The number of hydrogen-bond donors (Lipinski definition) is 1. The number of aromatic nitrogens is 1. The van der Waals surface area contributed by atoms with Gasteiger partial charge in [-0.05, 0) is 74.2 Å². The fourth-order valence-corrected chi connectivity index (χ4v) is 3.59. The summed E-state index contributed by atoms with van der Waals surface area (Å²) in [6.07, 6.45) is 0.984. The van der Waals surface area contributed by atoms with E-state index in [1.807, 2.05) is 26.0 Å². The predicted octanol–water partition coefficient (Wildman–Crippen LogP) is 5.75. The maximum atomic E-state index is 13.0. The van der Waals surface area contributed by atoms with E-state index in [1.165, 1.54) is 5.56 Å². The first-order chi connectivity index (χ1) is 12.0. The van der Waals surface area contributed by atoms with Gasteiger partial charge < -0.3 is 9.88 Å². The van der Waals surface area contributed by atoms with Gasteiger partial charge in [0, 0.05) is 28.2 Å². The highest BCUT2D eigenvalue weighted by molar-refractivity contribution is 6.30. The normalized spacial score (nSPS) is 11.1. The molecule has 0 aliphatic rings. The van der Waals surface area contributed by atoms with E-state index in [9.17, 15) is 4.79 Å². The van der Waals surface area contributed by atoms with Crippen LogP contribution in [0.4, 0.5) is 5.69 Å². The van der Waals surface area contributed by atoms with Crippen LogP contribution in [0.1, 0.15) is 41.0 Å². The van der Waals surface area contributed by atoms with Gasteiger partial charge in [0.05, 0.1) is 0 Å². The van der Waals surface area contributed by atoms with Gasteiger partial charge in [-0.15, -0.1) is 0 Å². The van der Waals surface area contributed by atoms with Gasteiger partial charge in [-0.3, -0.25) is 4.79 Å². The van der Waals surface area contributed by atoms with Gasteiger partial charge in [0.1, 0.15) is 5.69 Å². The lowest BCUT2D eigenvalue weighted by molar-refractivity contribution is 0.101. The number of rotatable bonds is 4. The molecule has 0 bridgehead atoms. The van der Waals surface area contributed by atoms with Gasteiger partial charge in [0.2, 0.25) is 0 Å². The fourth-order valence-electron chi connectivity index (χ4n) is 3.36. The third-order valence-electron chi connectivity index (χ3n) is 4.76. The van der Waals surface area contributed by atoms with Gasteiger partial charge in [-0.2, -0.15) is 0 Å². The third-order valence-corrected chi connectivity index (χ3v) is 4.99. The van der Waals surface area contributed by atoms with E-state index >= 15 is 0 Å². The molecule has 3 nitrogen and oxygen atoms in total. The number of fused-ring (bicyclic) bond motifs is 1. The fraction of sp³-hybridized carbons (Fsp3) is 0.286. The Bertz CT molecular complexity index is 956. The van der Waals surface area contributed by atoms with Crippen LogP contribution >= 0.6 is 11.6 Å². The number of benzene rings is 2. The monoisotopic (exact) mass is 354 g/mol. The van der Waals surface area contributed by atoms with Crippen LogP contribution in [0.3, 0.4) is 0 Å². The molecule has 0 aliphatic carbocycles. The number of carbonyl (C=O) groups is 1. The lowest BCUT2D eigenvalue weighted by Crippen LogP contribution is -2.18. The Labute approximate surface area is 153 Å². The van der Waals surface area contributed by atoms with Gasteiger partial charge in [0.15, 0.2) is 0 Å². The molecule has 2 aromatic carbocycles. The second-order valence-electron chi connectivity index (χ2n) is 6.34. The Hall–Kier alpha value is -2.26. The SMILES string of the molecule is CCc1ccc2c(c1)c(C)c(C(=O)Nc1ccc(Cl)cc1C)n2CC. The van der Waals surface area contributed by atoms with Crippen molar-refractivity contribution >= 4 is 34.1 Å². The summed E-state index contributed by atoms with van der Waals surface area (Å²) in [7, 11) is 0. The predicted molar refractivity (Wildman–Crippen MR) is 106 cm³/mol. The lowest BCUT2D eigenvalue weighted by atomic mass is 10.1. The minimum Gasteiger partial charge on any atom is -0.337 e. The molecule has 0 saturated carbocycles. The first-order valence-corrected chi connectivity index (χ1v) is 9.03. The van der Waals surface area contributed by atoms with Crippen LogP contribution in [0.15, 0.2) is 36.4 Å². The van der Waals surface area contributed by atoms with E-state index < -0.39 is 0 Å². The highest BCUT2D eigenvalue weighted by atomic mass is 35.5. The first-order valence-electron chi connectivity index (χ1n) is 8.65.